The van der Waals surface area contributed by atoms with Gasteiger partial charge in [-0.05, 0) is 38.0 Å². The maximum absolute atomic E-state index is 12.9. The summed E-state index contributed by atoms with van der Waals surface area (Å²) >= 11 is 1.10. The number of thiazole rings is 1. The molecule has 0 unspecified atom stereocenters. The van der Waals surface area contributed by atoms with Crippen molar-refractivity contribution >= 4 is 48.2 Å². The summed E-state index contributed by atoms with van der Waals surface area (Å²) in [6.07, 6.45) is 1.61. The van der Waals surface area contributed by atoms with Crippen LogP contribution in [0.3, 0.4) is 0 Å². The van der Waals surface area contributed by atoms with E-state index in [1.165, 1.54) is 27.9 Å². The summed E-state index contributed by atoms with van der Waals surface area (Å²) in [4.78, 5) is 28.1. The average molecular weight is 502 g/mol. The minimum Gasteiger partial charge on any atom is -0.461 e. The summed E-state index contributed by atoms with van der Waals surface area (Å²) in [7, 11) is -7.43. The van der Waals surface area contributed by atoms with E-state index in [9.17, 15) is 26.4 Å². The van der Waals surface area contributed by atoms with Crippen LogP contribution >= 0.6 is 11.3 Å². The average Bonchev–Trinajstić information content (AvgIpc) is 3.22. The Balaban J connectivity index is 1.62. The second kappa shape index (κ2) is 9.65. The molecule has 1 aliphatic heterocycles. The van der Waals surface area contributed by atoms with Gasteiger partial charge in [-0.2, -0.15) is 4.31 Å². The van der Waals surface area contributed by atoms with Crippen molar-refractivity contribution in [2.45, 2.75) is 29.6 Å². The van der Waals surface area contributed by atoms with Crippen molar-refractivity contribution in [1.82, 2.24) is 9.29 Å². The molecule has 0 spiro atoms. The van der Waals surface area contributed by atoms with E-state index >= 15 is 0 Å². The number of esters is 1. The molecular weight excluding hydrogens is 478 g/mol. The van der Waals surface area contributed by atoms with Crippen molar-refractivity contribution < 1.29 is 31.2 Å². The molecule has 0 aliphatic carbocycles. The maximum Gasteiger partial charge on any atom is 0.357 e. The molecule has 2 aromatic rings. The van der Waals surface area contributed by atoms with Crippen LogP contribution in [-0.4, -0.2) is 64.0 Å². The number of carbonyl (C=O) groups excluding carboxylic acids is 2. The number of nitrogens with zero attached hydrogens (tertiary/aromatic N) is 2. The molecule has 13 heteroatoms. The molecule has 32 heavy (non-hydrogen) atoms. The van der Waals surface area contributed by atoms with Crippen LogP contribution < -0.4 is 5.32 Å². The van der Waals surface area contributed by atoms with Crippen molar-refractivity contribution in [1.29, 1.82) is 0 Å². The Bertz CT molecular complexity index is 1210. The number of sulfonamides is 1. The van der Waals surface area contributed by atoms with Crippen molar-refractivity contribution in [3.63, 3.8) is 0 Å². The van der Waals surface area contributed by atoms with Crippen molar-refractivity contribution in [2.75, 3.05) is 31.3 Å². The normalized spacial score (nSPS) is 15.9. The second-order valence-corrected chi connectivity index (χ2v) is 12.0. The van der Waals surface area contributed by atoms with Gasteiger partial charge in [0.1, 0.15) is 0 Å². The summed E-state index contributed by atoms with van der Waals surface area (Å²) in [6.45, 7) is 2.14. The monoisotopic (exact) mass is 501 g/mol. The van der Waals surface area contributed by atoms with E-state index in [1.54, 1.807) is 6.92 Å². The van der Waals surface area contributed by atoms with Crippen LogP contribution in [0.2, 0.25) is 0 Å². The zero-order chi connectivity index (χ0) is 23.5. The molecule has 1 fully saturated rings. The molecule has 3 rings (SSSR count). The lowest BCUT2D eigenvalue weighted by Crippen LogP contribution is -2.41. The number of hydrogen-bond donors (Lipinski definition) is 1. The fourth-order valence-corrected chi connectivity index (χ4v) is 6.15. The number of benzene rings is 1. The molecule has 0 radical (unpaired) electrons. The van der Waals surface area contributed by atoms with Gasteiger partial charge >= 0.3 is 5.97 Å². The summed E-state index contributed by atoms with van der Waals surface area (Å²) < 4.78 is 55.5. The highest BCUT2D eigenvalue weighted by molar-refractivity contribution is 7.91. The van der Waals surface area contributed by atoms with Gasteiger partial charge in [0.2, 0.25) is 15.9 Å². The van der Waals surface area contributed by atoms with E-state index in [0.717, 1.165) is 23.7 Å². The quantitative estimate of drug-likeness (QED) is 0.566. The Morgan fingerprint density at radius 1 is 1.19 bits per heavy atom. The van der Waals surface area contributed by atoms with Crippen molar-refractivity contribution in [3.8, 4) is 0 Å². The number of ether oxygens (including phenoxy) is 1. The summed E-state index contributed by atoms with van der Waals surface area (Å²) in [6, 6.07) is 5.23. The molecule has 1 aromatic heterocycles. The van der Waals surface area contributed by atoms with E-state index in [-0.39, 0.29) is 46.2 Å². The van der Waals surface area contributed by atoms with Gasteiger partial charge in [-0.15, -0.1) is 11.3 Å². The third kappa shape index (κ3) is 5.52. The zero-order valence-electron chi connectivity index (χ0n) is 17.5. The fourth-order valence-electron chi connectivity index (χ4n) is 3.21. The Hall–Kier alpha value is -2.35. The highest BCUT2D eigenvalue weighted by Gasteiger charge is 2.33. The molecule has 1 N–H and O–H groups in total. The second-order valence-electron chi connectivity index (χ2n) is 7.17. The predicted molar refractivity (Wildman–Crippen MR) is 118 cm³/mol. The standard InChI is InChI=1S/C19H23N3O7S3/c1-3-29-18(24)16-12-30-19(20-16)21-17(23)13-7-9-22(10-8-13)32(27,28)15-6-4-5-14(11-15)31(2,25)26/h4-6,11-13H,3,7-10H2,1-2H3,(H,20,21,23). The van der Waals surface area contributed by atoms with E-state index in [2.05, 4.69) is 10.3 Å². The number of amides is 1. The minimum absolute atomic E-state index is 0.0709. The predicted octanol–water partition coefficient (Wildman–Crippen LogP) is 1.76. The Kier molecular flexibility index (Phi) is 7.32. The molecule has 1 saturated heterocycles. The van der Waals surface area contributed by atoms with Crippen LogP contribution in [0.15, 0.2) is 39.4 Å². The first-order valence-corrected chi connectivity index (χ1v) is 14.0. The van der Waals surface area contributed by atoms with Crippen LogP contribution in [0.25, 0.3) is 0 Å². The van der Waals surface area contributed by atoms with Crippen molar-refractivity contribution in [2.24, 2.45) is 5.92 Å². The van der Waals surface area contributed by atoms with E-state index in [1.807, 2.05) is 0 Å². The first-order valence-electron chi connectivity index (χ1n) is 9.76. The highest BCUT2D eigenvalue weighted by Crippen LogP contribution is 2.26. The Morgan fingerprint density at radius 2 is 1.84 bits per heavy atom. The third-order valence-electron chi connectivity index (χ3n) is 4.92. The third-order valence-corrected chi connectivity index (χ3v) is 8.68. The molecule has 1 amide bonds. The van der Waals surface area contributed by atoms with Gasteiger partial charge < -0.3 is 10.1 Å². The lowest BCUT2D eigenvalue weighted by Gasteiger charge is -2.30. The number of aromatic nitrogens is 1. The first kappa shape index (κ1) is 24.3. The zero-order valence-corrected chi connectivity index (χ0v) is 19.9. The minimum atomic E-state index is -3.89. The molecule has 10 nitrogen and oxygen atoms in total. The van der Waals surface area contributed by atoms with E-state index in [0.29, 0.717) is 12.8 Å². The number of sulfone groups is 1. The van der Waals surface area contributed by atoms with Gasteiger partial charge in [-0.1, -0.05) is 6.07 Å². The number of hydrogen-bond acceptors (Lipinski definition) is 9. The van der Waals surface area contributed by atoms with E-state index in [4.69, 9.17) is 4.74 Å². The van der Waals surface area contributed by atoms with Gasteiger partial charge in [0.25, 0.3) is 0 Å². The number of rotatable bonds is 7. The van der Waals surface area contributed by atoms with Gasteiger partial charge in [0.05, 0.1) is 16.4 Å². The first-order chi connectivity index (χ1) is 15.0. The van der Waals surface area contributed by atoms with Gasteiger partial charge in [-0.3, -0.25) is 4.79 Å². The Morgan fingerprint density at radius 3 is 2.47 bits per heavy atom. The molecule has 0 saturated carbocycles. The number of carbonyl (C=O) groups is 2. The summed E-state index contributed by atoms with van der Waals surface area (Å²) in [5.41, 5.74) is 0.115. The fraction of sp³-hybridized carbons (Fsp3) is 0.421. The van der Waals surface area contributed by atoms with E-state index < -0.39 is 31.7 Å². The van der Waals surface area contributed by atoms with Crippen LogP contribution in [0.5, 0.6) is 0 Å². The number of nitrogens with one attached hydrogen (secondary N) is 1. The van der Waals surface area contributed by atoms with Crippen LogP contribution in [-0.2, 0) is 29.4 Å². The van der Waals surface area contributed by atoms with Crippen LogP contribution in [0.4, 0.5) is 5.13 Å². The molecule has 2 heterocycles. The van der Waals surface area contributed by atoms with Gasteiger partial charge in [-0.25, -0.2) is 26.6 Å². The number of anilines is 1. The van der Waals surface area contributed by atoms with Gasteiger partial charge in [0, 0.05) is 30.6 Å². The Labute approximate surface area is 190 Å². The smallest absolute Gasteiger partial charge is 0.357 e. The van der Waals surface area contributed by atoms with Crippen molar-refractivity contribution in [3.05, 3.63) is 35.3 Å². The topological polar surface area (TPSA) is 140 Å². The van der Waals surface area contributed by atoms with Gasteiger partial charge in [0.15, 0.2) is 20.7 Å². The molecule has 1 aliphatic rings. The van der Waals surface area contributed by atoms with Crippen LogP contribution in [0, 0.1) is 5.92 Å². The summed E-state index contributed by atoms with van der Waals surface area (Å²) in [5.74, 6) is -1.28. The molecular formula is C19H23N3O7S3. The SMILES string of the molecule is CCOC(=O)c1csc(NC(=O)C2CCN(S(=O)(=O)c3cccc(S(C)(=O)=O)c3)CC2)n1. The maximum atomic E-state index is 12.9. The summed E-state index contributed by atoms with van der Waals surface area (Å²) in [5, 5.41) is 4.43. The highest BCUT2D eigenvalue weighted by atomic mass is 32.2. The lowest BCUT2D eigenvalue weighted by atomic mass is 9.97. The van der Waals surface area contributed by atoms with Crippen LogP contribution in [0.1, 0.15) is 30.3 Å². The molecule has 1 aromatic carbocycles. The largest absolute Gasteiger partial charge is 0.461 e. The molecule has 0 atom stereocenters. The molecule has 174 valence electrons. The lowest BCUT2D eigenvalue weighted by molar-refractivity contribution is -0.120. The molecule has 0 bridgehead atoms. The number of piperidine rings is 1.